The van der Waals surface area contributed by atoms with Gasteiger partial charge in [-0.3, -0.25) is 19.2 Å². The predicted octanol–water partition coefficient (Wildman–Crippen LogP) is -0.907. The lowest BCUT2D eigenvalue weighted by atomic mass is 10.6. The molecule has 0 saturated heterocycles. The van der Waals surface area contributed by atoms with Gasteiger partial charge < -0.3 is 4.74 Å². The van der Waals surface area contributed by atoms with E-state index in [0.717, 1.165) is 24.3 Å². The Morgan fingerprint density at radius 3 is 1.21 bits per heavy atom. The quantitative estimate of drug-likeness (QED) is 0.410. The molecule has 0 aliphatic carbocycles. The number of hydrogen-bond acceptors (Lipinski definition) is 7. The molecule has 0 bridgehead atoms. The zero-order chi connectivity index (χ0) is 14.2. The van der Waals surface area contributed by atoms with E-state index in [1.54, 1.807) is 0 Å². The molecule has 0 radical (unpaired) electrons. The van der Waals surface area contributed by atoms with Gasteiger partial charge in [0.2, 0.25) is 0 Å². The number of nitrogens with zero attached hydrogens (tertiary/aromatic N) is 2. The highest BCUT2D eigenvalue weighted by molar-refractivity contribution is 6.25. The summed E-state index contributed by atoms with van der Waals surface area (Å²) in [4.78, 5) is 67.3. The van der Waals surface area contributed by atoms with Gasteiger partial charge in [-0.2, -0.15) is 9.80 Å². The summed E-state index contributed by atoms with van der Waals surface area (Å²) < 4.78 is 4.11. The van der Waals surface area contributed by atoms with Gasteiger partial charge in [0.1, 0.15) is 0 Å². The average Bonchev–Trinajstić information content (AvgIpc) is 2.82. The number of ether oxygens (including phenoxy) is 1. The third kappa shape index (κ3) is 2.04. The van der Waals surface area contributed by atoms with Crippen LogP contribution in [-0.4, -0.2) is 45.6 Å². The van der Waals surface area contributed by atoms with Crippen molar-refractivity contribution in [1.29, 1.82) is 0 Å². The SMILES string of the molecule is O=C1C=CC(=O)N1C(=O)OC(=O)N1C(=O)C=CC1=O. The van der Waals surface area contributed by atoms with Crippen molar-refractivity contribution in [2.75, 3.05) is 0 Å². The van der Waals surface area contributed by atoms with Gasteiger partial charge in [-0.25, -0.2) is 9.59 Å². The fourth-order valence-corrected chi connectivity index (χ4v) is 1.33. The minimum Gasteiger partial charge on any atom is -0.358 e. The molecule has 2 rings (SSSR count). The third-order valence-corrected chi connectivity index (χ3v) is 2.16. The topological polar surface area (TPSA) is 118 Å². The summed E-state index contributed by atoms with van der Waals surface area (Å²) in [6.45, 7) is 0. The van der Waals surface area contributed by atoms with Gasteiger partial charge in [-0.1, -0.05) is 0 Å². The summed E-state index contributed by atoms with van der Waals surface area (Å²) in [5.41, 5.74) is 0. The Hall–Kier alpha value is -3.10. The molecule has 9 heteroatoms. The molecule has 6 amide bonds. The van der Waals surface area contributed by atoms with Gasteiger partial charge in [-0.05, 0) is 0 Å². The van der Waals surface area contributed by atoms with Crippen molar-refractivity contribution in [3.8, 4) is 0 Å². The number of carbonyl (C=O) groups excluding carboxylic acids is 6. The highest BCUT2D eigenvalue weighted by Gasteiger charge is 2.37. The van der Waals surface area contributed by atoms with Crippen LogP contribution in [-0.2, 0) is 23.9 Å². The molecule has 0 fully saturated rings. The smallest absolute Gasteiger partial charge is 0.358 e. The van der Waals surface area contributed by atoms with Crippen LogP contribution in [0, 0.1) is 0 Å². The fraction of sp³-hybridized carbons (Fsp3) is 0. The predicted molar refractivity (Wildman–Crippen MR) is 53.9 cm³/mol. The maximum absolute atomic E-state index is 11.4. The van der Waals surface area contributed by atoms with E-state index in [1.807, 2.05) is 0 Å². The van der Waals surface area contributed by atoms with Crippen molar-refractivity contribution in [1.82, 2.24) is 9.80 Å². The van der Waals surface area contributed by atoms with Crippen molar-refractivity contribution in [3.05, 3.63) is 24.3 Å². The first-order valence-corrected chi connectivity index (χ1v) is 4.80. The molecular weight excluding hydrogens is 260 g/mol. The summed E-state index contributed by atoms with van der Waals surface area (Å²) in [5, 5.41) is 0. The normalized spacial score (nSPS) is 17.7. The molecule has 19 heavy (non-hydrogen) atoms. The molecule has 0 aromatic carbocycles. The molecule has 0 spiro atoms. The summed E-state index contributed by atoms with van der Waals surface area (Å²) in [6.07, 6.45) is 0.0580. The first-order valence-electron chi connectivity index (χ1n) is 4.80. The molecule has 2 aliphatic heterocycles. The Morgan fingerprint density at radius 2 is 0.947 bits per heavy atom. The van der Waals surface area contributed by atoms with E-state index in [9.17, 15) is 28.8 Å². The summed E-state index contributed by atoms with van der Waals surface area (Å²) in [7, 11) is 0. The molecule has 9 nitrogen and oxygen atoms in total. The number of hydrogen-bond donors (Lipinski definition) is 0. The Kier molecular flexibility index (Phi) is 2.79. The van der Waals surface area contributed by atoms with Crippen molar-refractivity contribution in [3.63, 3.8) is 0 Å². The van der Waals surface area contributed by atoms with Gasteiger partial charge >= 0.3 is 12.2 Å². The van der Waals surface area contributed by atoms with E-state index < -0.39 is 35.8 Å². The minimum atomic E-state index is -1.59. The van der Waals surface area contributed by atoms with E-state index in [4.69, 9.17) is 0 Å². The Morgan fingerprint density at radius 1 is 0.684 bits per heavy atom. The molecule has 2 heterocycles. The molecule has 0 atom stereocenters. The summed E-state index contributed by atoms with van der Waals surface area (Å²) in [5.74, 6) is -3.94. The van der Waals surface area contributed by atoms with Crippen molar-refractivity contribution >= 4 is 35.8 Å². The summed E-state index contributed by atoms with van der Waals surface area (Å²) >= 11 is 0. The number of amides is 6. The maximum atomic E-state index is 11.4. The third-order valence-electron chi connectivity index (χ3n) is 2.16. The van der Waals surface area contributed by atoms with E-state index in [0.29, 0.717) is 0 Å². The Bertz CT molecular complexity index is 513. The van der Waals surface area contributed by atoms with Crippen LogP contribution in [0.2, 0.25) is 0 Å². The number of imide groups is 6. The minimum absolute atomic E-state index is 0.0519. The lowest BCUT2D eigenvalue weighted by Gasteiger charge is -2.14. The molecular formula is C10H4N2O7. The van der Waals surface area contributed by atoms with Gasteiger partial charge in [0.25, 0.3) is 23.6 Å². The van der Waals surface area contributed by atoms with E-state index in [1.165, 1.54) is 0 Å². The van der Waals surface area contributed by atoms with Crippen LogP contribution in [0.15, 0.2) is 24.3 Å². The van der Waals surface area contributed by atoms with Crippen molar-refractivity contribution < 1.29 is 33.5 Å². The fourth-order valence-electron chi connectivity index (χ4n) is 1.33. The first-order chi connectivity index (χ1) is 8.91. The molecule has 0 aromatic rings. The van der Waals surface area contributed by atoms with E-state index >= 15 is 0 Å². The van der Waals surface area contributed by atoms with Gasteiger partial charge in [0, 0.05) is 24.3 Å². The molecule has 0 saturated carbocycles. The first kappa shape index (κ1) is 12.4. The highest BCUT2D eigenvalue weighted by Crippen LogP contribution is 2.10. The van der Waals surface area contributed by atoms with Crippen LogP contribution < -0.4 is 0 Å². The second-order valence-corrected chi connectivity index (χ2v) is 3.32. The molecule has 0 N–H and O–H groups in total. The lowest BCUT2D eigenvalue weighted by molar-refractivity contribution is -0.134. The van der Waals surface area contributed by atoms with Crippen LogP contribution >= 0.6 is 0 Å². The standard InChI is InChI=1S/C10H4N2O7/c13-5-1-2-6(14)11(5)9(17)19-10(18)12-7(15)3-4-8(12)16/h1-4H. The molecule has 0 aromatic heterocycles. The molecule has 0 unspecified atom stereocenters. The Labute approximate surface area is 104 Å². The average molecular weight is 264 g/mol. The summed E-state index contributed by atoms with van der Waals surface area (Å²) in [6, 6.07) is 0. The van der Waals surface area contributed by atoms with Crippen LogP contribution in [0.4, 0.5) is 9.59 Å². The van der Waals surface area contributed by atoms with Crippen LogP contribution in [0.25, 0.3) is 0 Å². The second kappa shape index (κ2) is 4.29. The molecule has 96 valence electrons. The number of rotatable bonds is 0. The largest absolute Gasteiger partial charge is 0.433 e. The lowest BCUT2D eigenvalue weighted by Crippen LogP contribution is -2.43. The van der Waals surface area contributed by atoms with Crippen molar-refractivity contribution in [2.24, 2.45) is 0 Å². The van der Waals surface area contributed by atoms with E-state index in [2.05, 4.69) is 4.74 Å². The maximum Gasteiger partial charge on any atom is 0.433 e. The second-order valence-electron chi connectivity index (χ2n) is 3.32. The van der Waals surface area contributed by atoms with Crippen LogP contribution in [0.3, 0.4) is 0 Å². The highest BCUT2D eigenvalue weighted by atomic mass is 16.6. The zero-order valence-corrected chi connectivity index (χ0v) is 9.06. The van der Waals surface area contributed by atoms with Gasteiger partial charge in [0.15, 0.2) is 0 Å². The van der Waals surface area contributed by atoms with Crippen LogP contribution in [0.5, 0.6) is 0 Å². The Balaban J connectivity index is 2.06. The van der Waals surface area contributed by atoms with Gasteiger partial charge in [0.05, 0.1) is 0 Å². The zero-order valence-electron chi connectivity index (χ0n) is 9.06. The van der Waals surface area contributed by atoms with Gasteiger partial charge in [-0.15, -0.1) is 0 Å². The van der Waals surface area contributed by atoms with E-state index in [-0.39, 0.29) is 9.80 Å². The number of carbonyl (C=O) groups is 6. The van der Waals surface area contributed by atoms with Crippen molar-refractivity contribution in [2.45, 2.75) is 0 Å². The molecule has 2 aliphatic rings. The monoisotopic (exact) mass is 264 g/mol. The van der Waals surface area contributed by atoms with Crippen LogP contribution in [0.1, 0.15) is 0 Å².